The Balaban J connectivity index is 2.00. The highest BCUT2D eigenvalue weighted by molar-refractivity contribution is 9.10. The molecule has 3 aromatic heterocycles. The molecular weight excluding hydrogens is 338 g/mol. The first-order valence-electron chi connectivity index (χ1n) is 7.42. The van der Waals surface area contributed by atoms with Crippen LogP contribution in [0.4, 0.5) is 0 Å². The van der Waals surface area contributed by atoms with Crippen LogP contribution in [0.1, 0.15) is 12.7 Å². The molecule has 0 aliphatic rings. The van der Waals surface area contributed by atoms with Crippen molar-refractivity contribution < 1.29 is 0 Å². The van der Waals surface area contributed by atoms with Crippen molar-refractivity contribution >= 4 is 32.5 Å². The number of aromatic nitrogens is 3. The molecule has 0 saturated heterocycles. The summed E-state index contributed by atoms with van der Waals surface area (Å²) >= 11 is 3.49. The minimum absolute atomic E-state index is 0.943. The second kappa shape index (κ2) is 4.99. The third-order valence-corrected chi connectivity index (χ3v) is 4.72. The van der Waals surface area contributed by atoms with Crippen molar-refractivity contribution in [3.8, 4) is 11.3 Å². The SMILES string of the molecule is CCn1c(C)nc2c1ccn1c(-c3ccc(Br)cc3)ccc21. The molecule has 0 amide bonds. The van der Waals surface area contributed by atoms with Gasteiger partial charge >= 0.3 is 0 Å². The summed E-state index contributed by atoms with van der Waals surface area (Å²) in [5, 5.41) is 0. The van der Waals surface area contributed by atoms with Gasteiger partial charge in [-0.3, -0.25) is 0 Å². The zero-order valence-electron chi connectivity index (χ0n) is 12.5. The Labute approximate surface area is 137 Å². The van der Waals surface area contributed by atoms with Crippen molar-refractivity contribution in [3.63, 3.8) is 0 Å². The molecule has 0 aliphatic carbocycles. The predicted octanol–water partition coefficient (Wildman–Crippen LogP) is 5.05. The second-order valence-corrected chi connectivity index (χ2v) is 6.35. The molecule has 4 aromatic rings. The van der Waals surface area contributed by atoms with E-state index in [1.807, 2.05) is 0 Å². The van der Waals surface area contributed by atoms with Gasteiger partial charge in [0.2, 0.25) is 0 Å². The fraction of sp³-hybridized carbons (Fsp3) is 0.167. The van der Waals surface area contributed by atoms with Crippen molar-refractivity contribution in [2.45, 2.75) is 20.4 Å². The molecule has 0 radical (unpaired) electrons. The molecule has 110 valence electrons. The van der Waals surface area contributed by atoms with Gasteiger partial charge in [0.05, 0.1) is 16.7 Å². The van der Waals surface area contributed by atoms with Gasteiger partial charge in [0.1, 0.15) is 11.3 Å². The molecule has 3 heterocycles. The molecule has 0 saturated carbocycles. The van der Waals surface area contributed by atoms with Gasteiger partial charge in [0, 0.05) is 17.2 Å². The first-order valence-corrected chi connectivity index (χ1v) is 8.21. The average Bonchev–Trinajstić information content (AvgIpc) is 3.08. The fourth-order valence-electron chi connectivity index (χ4n) is 3.14. The Morgan fingerprint density at radius 1 is 1.00 bits per heavy atom. The summed E-state index contributed by atoms with van der Waals surface area (Å²) in [4.78, 5) is 4.77. The molecule has 4 heteroatoms. The molecule has 3 nitrogen and oxygen atoms in total. The van der Waals surface area contributed by atoms with Crippen molar-refractivity contribution in [3.05, 3.63) is 59.0 Å². The number of rotatable bonds is 2. The summed E-state index contributed by atoms with van der Waals surface area (Å²) in [6, 6.07) is 14.9. The van der Waals surface area contributed by atoms with Gasteiger partial charge in [0.25, 0.3) is 0 Å². The van der Waals surface area contributed by atoms with Gasteiger partial charge in [-0.05, 0) is 49.7 Å². The largest absolute Gasteiger partial charge is 0.328 e. The lowest BCUT2D eigenvalue weighted by molar-refractivity contribution is 0.753. The Bertz CT molecular complexity index is 977. The van der Waals surface area contributed by atoms with E-state index in [1.54, 1.807) is 0 Å². The summed E-state index contributed by atoms with van der Waals surface area (Å²) in [5.74, 6) is 1.07. The van der Waals surface area contributed by atoms with Crippen LogP contribution >= 0.6 is 15.9 Å². The van der Waals surface area contributed by atoms with Gasteiger partial charge < -0.3 is 8.97 Å². The number of fused-ring (bicyclic) bond motifs is 3. The van der Waals surface area contributed by atoms with Crippen LogP contribution in [0.15, 0.2) is 53.1 Å². The number of aryl methyl sites for hydroxylation is 2. The van der Waals surface area contributed by atoms with Gasteiger partial charge in [-0.1, -0.05) is 28.1 Å². The average molecular weight is 354 g/mol. The quantitative estimate of drug-likeness (QED) is 0.494. The van der Waals surface area contributed by atoms with E-state index in [9.17, 15) is 0 Å². The first kappa shape index (κ1) is 13.6. The van der Waals surface area contributed by atoms with Crippen LogP contribution in [0, 0.1) is 6.92 Å². The van der Waals surface area contributed by atoms with Crippen LogP contribution in [-0.2, 0) is 6.54 Å². The van der Waals surface area contributed by atoms with E-state index in [1.165, 1.54) is 16.8 Å². The number of benzene rings is 1. The lowest BCUT2D eigenvalue weighted by Crippen LogP contribution is -1.96. The van der Waals surface area contributed by atoms with Gasteiger partial charge in [-0.25, -0.2) is 4.98 Å². The van der Waals surface area contributed by atoms with E-state index in [0.717, 1.165) is 27.9 Å². The molecule has 4 rings (SSSR count). The zero-order chi connectivity index (χ0) is 15.3. The number of pyridine rings is 1. The highest BCUT2D eigenvalue weighted by Gasteiger charge is 2.12. The Morgan fingerprint density at radius 2 is 1.77 bits per heavy atom. The smallest absolute Gasteiger partial charge is 0.113 e. The Morgan fingerprint density at radius 3 is 2.50 bits per heavy atom. The third kappa shape index (κ3) is 1.91. The molecule has 22 heavy (non-hydrogen) atoms. The fourth-order valence-corrected chi connectivity index (χ4v) is 3.41. The molecule has 0 bridgehead atoms. The van der Waals surface area contributed by atoms with Crippen molar-refractivity contribution in [2.75, 3.05) is 0 Å². The normalized spacial score (nSPS) is 11.6. The summed E-state index contributed by atoms with van der Waals surface area (Å²) in [5.41, 5.74) is 5.83. The Kier molecular flexibility index (Phi) is 3.08. The maximum absolute atomic E-state index is 4.77. The summed E-state index contributed by atoms with van der Waals surface area (Å²) in [7, 11) is 0. The number of halogens is 1. The lowest BCUT2D eigenvalue weighted by atomic mass is 10.1. The van der Waals surface area contributed by atoms with Crippen LogP contribution < -0.4 is 0 Å². The number of hydrogen-bond acceptors (Lipinski definition) is 1. The van der Waals surface area contributed by atoms with E-state index in [2.05, 4.69) is 87.4 Å². The monoisotopic (exact) mass is 353 g/mol. The van der Waals surface area contributed by atoms with E-state index in [-0.39, 0.29) is 0 Å². The van der Waals surface area contributed by atoms with Crippen LogP contribution in [0.25, 0.3) is 27.8 Å². The van der Waals surface area contributed by atoms with Gasteiger partial charge in [-0.15, -0.1) is 0 Å². The third-order valence-electron chi connectivity index (χ3n) is 4.20. The number of imidazole rings is 1. The molecular formula is C18H16BrN3. The van der Waals surface area contributed by atoms with Crippen molar-refractivity contribution in [2.24, 2.45) is 0 Å². The topological polar surface area (TPSA) is 22.2 Å². The highest BCUT2D eigenvalue weighted by Crippen LogP contribution is 2.28. The maximum Gasteiger partial charge on any atom is 0.113 e. The molecule has 0 aliphatic heterocycles. The first-order chi connectivity index (χ1) is 10.7. The molecule has 0 unspecified atom stereocenters. The van der Waals surface area contributed by atoms with Gasteiger partial charge in [0.15, 0.2) is 0 Å². The van der Waals surface area contributed by atoms with Crippen LogP contribution in [0.5, 0.6) is 0 Å². The number of nitrogens with zero attached hydrogens (tertiary/aromatic N) is 3. The number of hydrogen-bond donors (Lipinski definition) is 0. The minimum atomic E-state index is 0.943. The van der Waals surface area contributed by atoms with Crippen molar-refractivity contribution in [1.29, 1.82) is 0 Å². The van der Waals surface area contributed by atoms with E-state index in [0.29, 0.717) is 0 Å². The zero-order valence-corrected chi connectivity index (χ0v) is 14.1. The van der Waals surface area contributed by atoms with E-state index < -0.39 is 0 Å². The minimum Gasteiger partial charge on any atom is -0.328 e. The molecule has 0 fully saturated rings. The Hall–Kier alpha value is -2.07. The molecule has 0 atom stereocenters. The van der Waals surface area contributed by atoms with Crippen LogP contribution in [0.3, 0.4) is 0 Å². The molecule has 0 N–H and O–H groups in total. The summed E-state index contributed by atoms with van der Waals surface area (Å²) in [6.07, 6.45) is 2.14. The van der Waals surface area contributed by atoms with Crippen LogP contribution in [-0.4, -0.2) is 14.0 Å². The summed E-state index contributed by atoms with van der Waals surface area (Å²) < 4.78 is 5.57. The highest BCUT2D eigenvalue weighted by atomic mass is 79.9. The van der Waals surface area contributed by atoms with Crippen LogP contribution in [0.2, 0.25) is 0 Å². The molecule has 1 aromatic carbocycles. The van der Waals surface area contributed by atoms with E-state index >= 15 is 0 Å². The standard InChI is InChI=1S/C18H16BrN3/c1-3-21-12(2)20-18-16-9-8-15(22(16)11-10-17(18)21)13-4-6-14(19)7-5-13/h4-11H,3H2,1-2H3. The van der Waals surface area contributed by atoms with Gasteiger partial charge in [-0.2, -0.15) is 0 Å². The summed E-state index contributed by atoms with van der Waals surface area (Å²) in [6.45, 7) is 5.17. The van der Waals surface area contributed by atoms with E-state index in [4.69, 9.17) is 4.98 Å². The lowest BCUT2D eigenvalue weighted by Gasteiger charge is -2.05. The predicted molar refractivity (Wildman–Crippen MR) is 94.2 cm³/mol. The maximum atomic E-state index is 4.77. The second-order valence-electron chi connectivity index (χ2n) is 5.43. The van der Waals surface area contributed by atoms with Crippen molar-refractivity contribution in [1.82, 2.24) is 14.0 Å². The molecule has 0 spiro atoms.